The predicted octanol–water partition coefficient (Wildman–Crippen LogP) is 3.38. The van der Waals surface area contributed by atoms with Crippen LogP contribution in [0.25, 0.3) is 11.8 Å². The second kappa shape index (κ2) is 3.84. The molecule has 98 valence electrons. The minimum absolute atomic E-state index is 0.00772. The van der Waals surface area contributed by atoms with Crippen molar-refractivity contribution in [2.75, 3.05) is 12.4 Å². The minimum Gasteiger partial charge on any atom is -0.339 e. The van der Waals surface area contributed by atoms with Crippen molar-refractivity contribution >= 4 is 40.8 Å². The Kier molecular flexibility index (Phi) is 2.20. The first-order valence-electron chi connectivity index (χ1n) is 6.21. The van der Waals surface area contributed by atoms with Crippen molar-refractivity contribution in [2.24, 2.45) is 0 Å². The zero-order valence-electron chi connectivity index (χ0n) is 10.6. The van der Waals surface area contributed by atoms with Gasteiger partial charge < -0.3 is 10.2 Å². The van der Waals surface area contributed by atoms with E-state index in [-0.39, 0.29) is 5.91 Å². The quantitative estimate of drug-likeness (QED) is 0.806. The monoisotopic (exact) mass is 283 g/mol. The van der Waals surface area contributed by atoms with Crippen molar-refractivity contribution in [3.63, 3.8) is 0 Å². The third-order valence-corrected chi connectivity index (χ3v) is 3.85. The number of hydrogen-bond donors (Lipinski definition) is 1. The number of carbonyl (C=O) groups excluding carboxylic acids is 1. The van der Waals surface area contributed by atoms with Crippen LogP contribution in [0.15, 0.2) is 30.5 Å². The van der Waals surface area contributed by atoms with Crippen LogP contribution in [0.2, 0.25) is 5.02 Å². The summed E-state index contributed by atoms with van der Waals surface area (Å²) >= 11 is 6.01. The lowest BCUT2D eigenvalue weighted by molar-refractivity contribution is 0.0875. The van der Waals surface area contributed by atoms with Crippen LogP contribution in [-0.4, -0.2) is 22.8 Å². The fourth-order valence-electron chi connectivity index (χ4n) is 2.68. The van der Waals surface area contributed by atoms with E-state index in [0.29, 0.717) is 10.6 Å². The van der Waals surface area contributed by atoms with Gasteiger partial charge in [-0.15, -0.1) is 0 Å². The standard InChI is InChI=1S/C15H10ClN3O/c1-19-12-6-8-5-9(16)7-17-14(8)18-11-4-2-3-10(13(11)12)15(19)20/h2-7H,1H3,(H,17,18). The molecule has 0 fully saturated rings. The molecule has 4 rings (SSSR count). The van der Waals surface area contributed by atoms with E-state index >= 15 is 0 Å². The van der Waals surface area contributed by atoms with Crippen LogP contribution in [0.3, 0.4) is 0 Å². The normalized spacial score (nSPS) is 15.2. The highest BCUT2D eigenvalue weighted by molar-refractivity contribution is 6.30. The van der Waals surface area contributed by atoms with Crippen molar-refractivity contribution < 1.29 is 4.79 Å². The molecule has 0 unspecified atom stereocenters. The van der Waals surface area contributed by atoms with Crippen LogP contribution < -0.4 is 5.32 Å². The number of aromatic nitrogens is 1. The van der Waals surface area contributed by atoms with Crippen LogP contribution in [0.4, 0.5) is 11.5 Å². The average Bonchev–Trinajstić information content (AvgIpc) is 2.61. The van der Waals surface area contributed by atoms with Gasteiger partial charge in [-0.1, -0.05) is 17.7 Å². The molecule has 5 heteroatoms. The Morgan fingerprint density at radius 1 is 1.35 bits per heavy atom. The number of nitrogens with one attached hydrogen (secondary N) is 1. The maximum atomic E-state index is 12.3. The summed E-state index contributed by atoms with van der Waals surface area (Å²) in [7, 11) is 1.78. The molecule has 2 aliphatic heterocycles. The van der Waals surface area contributed by atoms with Crippen LogP contribution in [0.5, 0.6) is 0 Å². The lowest BCUT2D eigenvalue weighted by Gasteiger charge is -2.10. The maximum absolute atomic E-state index is 12.3. The van der Waals surface area contributed by atoms with Gasteiger partial charge in [-0.3, -0.25) is 4.79 Å². The van der Waals surface area contributed by atoms with Gasteiger partial charge in [0.15, 0.2) is 0 Å². The molecule has 1 aromatic heterocycles. The number of benzene rings is 1. The Balaban J connectivity index is 2.06. The zero-order chi connectivity index (χ0) is 13.9. The summed E-state index contributed by atoms with van der Waals surface area (Å²) in [4.78, 5) is 18.2. The fraction of sp³-hybridized carbons (Fsp3) is 0.0667. The molecule has 0 saturated carbocycles. The van der Waals surface area contributed by atoms with E-state index in [1.807, 2.05) is 30.3 Å². The van der Waals surface area contributed by atoms with Gasteiger partial charge >= 0.3 is 0 Å². The Bertz CT molecular complexity index is 798. The van der Waals surface area contributed by atoms with Gasteiger partial charge in [-0.05, 0) is 24.3 Å². The highest BCUT2D eigenvalue weighted by Gasteiger charge is 2.33. The van der Waals surface area contributed by atoms with Gasteiger partial charge in [0.2, 0.25) is 0 Å². The molecule has 0 aliphatic carbocycles. The predicted molar refractivity (Wildman–Crippen MR) is 78.9 cm³/mol. The number of rotatable bonds is 0. The molecule has 0 saturated heterocycles. The van der Waals surface area contributed by atoms with Crippen LogP contribution >= 0.6 is 11.6 Å². The third-order valence-electron chi connectivity index (χ3n) is 3.65. The number of fused-ring (bicyclic) bond motifs is 1. The number of halogens is 1. The topological polar surface area (TPSA) is 45.2 Å². The summed E-state index contributed by atoms with van der Waals surface area (Å²) in [5, 5.41) is 3.85. The SMILES string of the molecule is CN1C(=O)c2cccc3c2C1=Cc1cc(Cl)cnc1N3. The van der Waals surface area contributed by atoms with E-state index in [2.05, 4.69) is 10.3 Å². The first kappa shape index (κ1) is 11.5. The van der Waals surface area contributed by atoms with Crippen LogP contribution in [-0.2, 0) is 0 Å². The zero-order valence-corrected chi connectivity index (χ0v) is 11.4. The Morgan fingerprint density at radius 3 is 3.05 bits per heavy atom. The number of hydrogen-bond acceptors (Lipinski definition) is 3. The van der Waals surface area contributed by atoms with Gasteiger partial charge in [0.1, 0.15) is 5.82 Å². The van der Waals surface area contributed by atoms with Gasteiger partial charge in [0.25, 0.3) is 5.91 Å². The number of anilines is 2. The molecule has 1 aromatic carbocycles. The van der Waals surface area contributed by atoms with Crippen LogP contribution in [0, 0.1) is 0 Å². The molecular formula is C15H10ClN3O. The molecule has 0 spiro atoms. The van der Waals surface area contributed by atoms with Crippen molar-refractivity contribution in [1.29, 1.82) is 0 Å². The van der Waals surface area contributed by atoms with Crippen molar-refractivity contribution in [3.8, 4) is 0 Å². The lowest BCUT2D eigenvalue weighted by atomic mass is 10.1. The number of pyridine rings is 1. The van der Waals surface area contributed by atoms with Gasteiger partial charge in [0.05, 0.1) is 16.3 Å². The Hall–Kier alpha value is -2.33. The smallest absolute Gasteiger partial charge is 0.258 e. The molecule has 1 N–H and O–H groups in total. The molecule has 3 heterocycles. The highest BCUT2D eigenvalue weighted by atomic mass is 35.5. The summed E-state index contributed by atoms with van der Waals surface area (Å²) in [6.07, 6.45) is 3.55. The van der Waals surface area contributed by atoms with E-state index in [1.54, 1.807) is 18.1 Å². The first-order chi connectivity index (χ1) is 9.65. The van der Waals surface area contributed by atoms with E-state index in [0.717, 1.165) is 28.3 Å². The molecule has 2 aliphatic rings. The molecule has 0 atom stereocenters. The number of nitrogens with zero attached hydrogens (tertiary/aromatic N) is 2. The molecule has 4 nitrogen and oxygen atoms in total. The summed E-state index contributed by atoms with van der Waals surface area (Å²) in [5.74, 6) is 0.749. The van der Waals surface area contributed by atoms with Crippen molar-refractivity contribution in [1.82, 2.24) is 9.88 Å². The van der Waals surface area contributed by atoms with Crippen LogP contribution in [0.1, 0.15) is 21.5 Å². The summed E-state index contributed by atoms with van der Waals surface area (Å²) in [5.41, 5.74) is 4.27. The Morgan fingerprint density at radius 2 is 2.20 bits per heavy atom. The molecule has 0 radical (unpaired) electrons. The molecule has 1 amide bonds. The number of carbonyl (C=O) groups is 1. The Labute approximate surface area is 120 Å². The van der Waals surface area contributed by atoms with Gasteiger partial charge in [0, 0.05) is 30.1 Å². The van der Waals surface area contributed by atoms with E-state index in [9.17, 15) is 4.79 Å². The largest absolute Gasteiger partial charge is 0.339 e. The van der Waals surface area contributed by atoms with Gasteiger partial charge in [-0.25, -0.2) is 4.98 Å². The maximum Gasteiger partial charge on any atom is 0.258 e. The summed E-state index contributed by atoms with van der Waals surface area (Å²) < 4.78 is 0. The summed E-state index contributed by atoms with van der Waals surface area (Å²) in [6.45, 7) is 0. The fourth-order valence-corrected chi connectivity index (χ4v) is 2.85. The summed E-state index contributed by atoms with van der Waals surface area (Å²) in [6, 6.07) is 7.50. The minimum atomic E-state index is 0.00772. The first-order valence-corrected chi connectivity index (χ1v) is 6.58. The molecule has 0 bridgehead atoms. The molecule has 2 aromatic rings. The van der Waals surface area contributed by atoms with Crippen molar-refractivity contribution in [3.05, 3.63) is 52.2 Å². The third kappa shape index (κ3) is 1.42. The van der Waals surface area contributed by atoms with E-state index < -0.39 is 0 Å². The second-order valence-corrected chi connectivity index (χ2v) is 5.27. The molecular weight excluding hydrogens is 274 g/mol. The lowest BCUT2D eigenvalue weighted by Crippen LogP contribution is -2.16. The molecule has 20 heavy (non-hydrogen) atoms. The second-order valence-electron chi connectivity index (χ2n) is 4.84. The van der Waals surface area contributed by atoms with Gasteiger partial charge in [-0.2, -0.15) is 0 Å². The van der Waals surface area contributed by atoms with Crippen molar-refractivity contribution in [2.45, 2.75) is 0 Å². The number of amides is 1. The van der Waals surface area contributed by atoms with E-state index in [1.165, 1.54) is 0 Å². The average molecular weight is 284 g/mol. The highest BCUT2D eigenvalue weighted by Crippen LogP contribution is 2.42. The van der Waals surface area contributed by atoms with E-state index in [4.69, 9.17) is 11.6 Å².